The topological polar surface area (TPSA) is 59.4 Å². The number of fused-ring (bicyclic) bond motifs is 2. The van der Waals surface area contributed by atoms with Crippen molar-refractivity contribution in [3.63, 3.8) is 0 Å². The molecule has 4 heteroatoms. The normalized spacial score (nSPS) is 10.9. The standard InChI is InChI=1S/C16H13NO3/c1-9-3-4-11-10(5-9)6-12-13(15(11)16(18)19)7-17-8-14(12)20-2/h3-8H,1-2H3,(H,18,19). The van der Waals surface area contributed by atoms with Crippen molar-refractivity contribution in [1.29, 1.82) is 0 Å². The number of benzene rings is 2. The Labute approximate surface area is 115 Å². The average Bonchev–Trinajstić information content (AvgIpc) is 2.43. The van der Waals surface area contributed by atoms with Crippen LogP contribution < -0.4 is 4.74 Å². The van der Waals surface area contributed by atoms with E-state index in [1.165, 1.54) is 0 Å². The van der Waals surface area contributed by atoms with Crippen molar-refractivity contribution >= 4 is 27.5 Å². The third-order valence-electron chi connectivity index (χ3n) is 3.43. The molecule has 0 atom stereocenters. The van der Waals surface area contributed by atoms with Crippen molar-refractivity contribution in [3.05, 3.63) is 47.8 Å². The minimum absolute atomic E-state index is 0.268. The molecule has 3 rings (SSSR count). The number of nitrogens with zero attached hydrogens (tertiary/aromatic N) is 1. The lowest BCUT2D eigenvalue weighted by Crippen LogP contribution is -2.00. The van der Waals surface area contributed by atoms with Crippen LogP contribution in [0.5, 0.6) is 5.75 Å². The Bertz CT molecular complexity index is 840. The Balaban J connectivity index is 2.57. The molecule has 1 N–H and O–H groups in total. The lowest BCUT2D eigenvalue weighted by Gasteiger charge is -2.11. The number of carboxylic acids is 1. The number of hydrogen-bond donors (Lipinski definition) is 1. The smallest absolute Gasteiger partial charge is 0.337 e. The summed E-state index contributed by atoms with van der Waals surface area (Å²) in [5, 5.41) is 12.5. The predicted molar refractivity (Wildman–Crippen MR) is 77.5 cm³/mol. The molecule has 2 aromatic carbocycles. The number of methoxy groups -OCH3 is 1. The van der Waals surface area contributed by atoms with E-state index in [0.717, 1.165) is 16.3 Å². The number of aromatic nitrogens is 1. The van der Waals surface area contributed by atoms with Crippen LogP contribution in [0.4, 0.5) is 0 Å². The van der Waals surface area contributed by atoms with Crippen LogP contribution >= 0.6 is 0 Å². The van der Waals surface area contributed by atoms with Crippen molar-refractivity contribution in [3.8, 4) is 5.75 Å². The summed E-state index contributed by atoms with van der Waals surface area (Å²) in [6, 6.07) is 7.67. The Morgan fingerprint density at radius 1 is 1.15 bits per heavy atom. The first kappa shape index (κ1) is 12.4. The maximum absolute atomic E-state index is 11.6. The summed E-state index contributed by atoms with van der Waals surface area (Å²) >= 11 is 0. The van der Waals surface area contributed by atoms with Gasteiger partial charge in [-0.05, 0) is 23.8 Å². The maximum Gasteiger partial charge on any atom is 0.337 e. The van der Waals surface area contributed by atoms with Crippen molar-refractivity contribution in [2.45, 2.75) is 6.92 Å². The third-order valence-corrected chi connectivity index (χ3v) is 3.43. The van der Waals surface area contributed by atoms with Gasteiger partial charge < -0.3 is 9.84 Å². The summed E-state index contributed by atoms with van der Waals surface area (Å²) in [7, 11) is 1.55. The largest absolute Gasteiger partial charge is 0.494 e. The van der Waals surface area contributed by atoms with Gasteiger partial charge in [0.1, 0.15) is 5.75 Å². The highest BCUT2D eigenvalue weighted by atomic mass is 16.5. The second-order valence-corrected chi connectivity index (χ2v) is 4.72. The lowest BCUT2D eigenvalue weighted by atomic mass is 9.96. The molecule has 1 heterocycles. The molecule has 3 aromatic rings. The highest BCUT2D eigenvalue weighted by Crippen LogP contribution is 2.33. The van der Waals surface area contributed by atoms with Gasteiger partial charge in [0.2, 0.25) is 0 Å². The number of ether oxygens (including phenoxy) is 1. The Hall–Kier alpha value is -2.62. The first-order chi connectivity index (χ1) is 9.61. The Morgan fingerprint density at radius 2 is 1.95 bits per heavy atom. The van der Waals surface area contributed by atoms with E-state index in [1.54, 1.807) is 19.5 Å². The number of carboxylic acid groups (broad SMARTS) is 1. The summed E-state index contributed by atoms with van der Waals surface area (Å²) in [5.41, 5.74) is 1.35. The Kier molecular flexibility index (Phi) is 2.79. The van der Waals surface area contributed by atoms with E-state index in [4.69, 9.17) is 4.74 Å². The fourth-order valence-electron chi connectivity index (χ4n) is 2.52. The Morgan fingerprint density at radius 3 is 2.65 bits per heavy atom. The van der Waals surface area contributed by atoms with Gasteiger partial charge in [-0.15, -0.1) is 0 Å². The van der Waals surface area contributed by atoms with Crippen LogP contribution in [0.1, 0.15) is 15.9 Å². The zero-order chi connectivity index (χ0) is 14.3. The molecule has 0 fully saturated rings. The zero-order valence-corrected chi connectivity index (χ0v) is 11.2. The first-order valence-electron chi connectivity index (χ1n) is 6.20. The number of aromatic carboxylic acids is 1. The van der Waals surface area contributed by atoms with Gasteiger partial charge in [0.15, 0.2) is 0 Å². The average molecular weight is 267 g/mol. The molecule has 0 amide bonds. The molecule has 100 valence electrons. The van der Waals surface area contributed by atoms with Crippen LogP contribution in [-0.4, -0.2) is 23.2 Å². The summed E-state index contributed by atoms with van der Waals surface area (Å²) in [6.45, 7) is 1.98. The van der Waals surface area contributed by atoms with Gasteiger partial charge in [0.25, 0.3) is 0 Å². The summed E-state index contributed by atoms with van der Waals surface area (Å²) in [4.78, 5) is 15.7. The number of carbonyl (C=O) groups is 1. The minimum Gasteiger partial charge on any atom is -0.494 e. The summed E-state index contributed by atoms with van der Waals surface area (Å²) in [6.07, 6.45) is 3.16. The number of aryl methyl sites for hydroxylation is 1. The van der Waals surface area contributed by atoms with E-state index in [9.17, 15) is 9.90 Å². The van der Waals surface area contributed by atoms with Crippen LogP contribution in [-0.2, 0) is 0 Å². The van der Waals surface area contributed by atoms with Gasteiger partial charge in [0.05, 0.1) is 18.9 Å². The molecule has 20 heavy (non-hydrogen) atoms. The van der Waals surface area contributed by atoms with E-state index >= 15 is 0 Å². The van der Waals surface area contributed by atoms with Crippen LogP contribution in [0.2, 0.25) is 0 Å². The van der Waals surface area contributed by atoms with Crippen LogP contribution in [0.25, 0.3) is 21.5 Å². The molecule has 0 aliphatic rings. The van der Waals surface area contributed by atoms with Crippen LogP contribution in [0.15, 0.2) is 36.7 Å². The van der Waals surface area contributed by atoms with Gasteiger partial charge in [-0.3, -0.25) is 4.98 Å². The quantitative estimate of drug-likeness (QED) is 0.723. The van der Waals surface area contributed by atoms with Crippen molar-refractivity contribution < 1.29 is 14.6 Å². The van der Waals surface area contributed by atoms with Crippen LogP contribution in [0, 0.1) is 6.92 Å². The molecule has 0 unspecified atom stereocenters. The van der Waals surface area contributed by atoms with Gasteiger partial charge in [0, 0.05) is 17.0 Å². The molecule has 0 spiro atoms. The first-order valence-corrected chi connectivity index (χ1v) is 6.20. The van der Waals surface area contributed by atoms with E-state index in [1.807, 2.05) is 31.2 Å². The number of rotatable bonds is 2. The minimum atomic E-state index is -0.959. The van der Waals surface area contributed by atoms with Gasteiger partial charge in [-0.2, -0.15) is 0 Å². The second kappa shape index (κ2) is 4.49. The molecular weight excluding hydrogens is 254 g/mol. The number of hydrogen-bond acceptors (Lipinski definition) is 3. The molecule has 4 nitrogen and oxygen atoms in total. The fraction of sp³-hybridized carbons (Fsp3) is 0.125. The molecule has 0 aliphatic carbocycles. The van der Waals surface area contributed by atoms with E-state index < -0.39 is 5.97 Å². The maximum atomic E-state index is 11.6. The highest BCUT2D eigenvalue weighted by Gasteiger charge is 2.16. The molecule has 0 saturated carbocycles. The van der Waals surface area contributed by atoms with E-state index in [-0.39, 0.29) is 5.56 Å². The van der Waals surface area contributed by atoms with Crippen LogP contribution in [0.3, 0.4) is 0 Å². The predicted octanol–water partition coefficient (Wildman–Crippen LogP) is 3.40. The van der Waals surface area contributed by atoms with Gasteiger partial charge >= 0.3 is 5.97 Å². The molecular formula is C16H13NO3. The molecule has 0 radical (unpaired) electrons. The van der Waals surface area contributed by atoms with E-state index in [0.29, 0.717) is 16.5 Å². The molecule has 0 saturated heterocycles. The van der Waals surface area contributed by atoms with Gasteiger partial charge in [-0.25, -0.2) is 4.79 Å². The SMILES string of the molecule is COc1cncc2c(C(=O)O)c3ccc(C)cc3cc12. The molecule has 1 aromatic heterocycles. The highest BCUT2D eigenvalue weighted by molar-refractivity contribution is 6.16. The fourth-order valence-corrected chi connectivity index (χ4v) is 2.52. The third kappa shape index (κ3) is 1.77. The van der Waals surface area contributed by atoms with Gasteiger partial charge in [-0.1, -0.05) is 23.8 Å². The zero-order valence-electron chi connectivity index (χ0n) is 11.2. The second-order valence-electron chi connectivity index (χ2n) is 4.72. The van der Waals surface area contributed by atoms with Crippen molar-refractivity contribution in [2.24, 2.45) is 0 Å². The summed E-state index contributed by atoms with van der Waals surface area (Å²) < 4.78 is 5.29. The monoisotopic (exact) mass is 267 g/mol. The van der Waals surface area contributed by atoms with E-state index in [2.05, 4.69) is 4.98 Å². The summed E-state index contributed by atoms with van der Waals surface area (Å²) in [5.74, 6) is -0.382. The molecule has 0 bridgehead atoms. The number of pyridine rings is 1. The lowest BCUT2D eigenvalue weighted by molar-refractivity contribution is 0.0701. The van der Waals surface area contributed by atoms with Crippen molar-refractivity contribution in [1.82, 2.24) is 4.98 Å². The van der Waals surface area contributed by atoms with Crippen molar-refractivity contribution in [2.75, 3.05) is 7.11 Å². The molecule has 0 aliphatic heterocycles.